The van der Waals surface area contributed by atoms with Gasteiger partial charge in [0.15, 0.2) is 6.54 Å². The van der Waals surface area contributed by atoms with E-state index in [1.807, 2.05) is 0 Å². The minimum Gasteiger partial charge on any atom is -0.348 e. The number of quaternary nitrogens is 1. The molecule has 1 saturated heterocycles. The van der Waals surface area contributed by atoms with Gasteiger partial charge in [-0.05, 0) is 30.5 Å². The van der Waals surface area contributed by atoms with Crippen LogP contribution in [0.3, 0.4) is 0 Å². The molecule has 0 radical (unpaired) electrons. The SMILES string of the molecule is O=C(C[NH+]1CCN(c2ncnc3scc(-c4ccc(F)cc4)c23)CC1)NC1CC1. The van der Waals surface area contributed by atoms with Crippen LogP contribution in [0.1, 0.15) is 12.8 Å². The molecule has 8 heteroatoms. The number of nitrogens with one attached hydrogen (secondary N) is 2. The van der Waals surface area contributed by atoms with E-state index in [0.29, 0.717) is 12.6 Å². The van der Waals surface area contributed by atoms with Gasteiger partial charge in [0.25, 0.3) is 5.91 Å². The van der Waals surface area contributed by atoms with E-state index in [1.165, 1.54) is 17.0 Å². The van der Waals surface area contributed by atoms with Crippen LogP contribution in [0.2, 0.25) is 0 Å². The third kappa shape index (κ3) is 3.95. The Morgan fingerprint density at radius 2 is 1.97 bits per heavy atom. The minimum absolute atomic E-state index is 0.164. The van der Waals surface area contributed by atoms with Gasteiger partial charge in [-0.25, -0.2) is 14.4 Å². The van der Waals surface area contributed by atoms with Gasteiger partial charge in [-0.1, -0.05) is 12.1 Å². The van der Waals surface area contributed by atoms with E-state index >= 15 is 0 Å². The minimum atomic E-state index is -0.241. The number of nitrogens with zero attached hydrogens (tertiary/aromatic N) is 3. The molecule has 1 amide bonds. The maximum atomic E-state index is 13.4. The molecule has 1 saturated carbocycles. The highest BCUT2D eigenvalue weighted by molar-refractivity contribution is 7.17. The average Bonchev–Trinajstić information content (AvgIpc) is 3.44. The molecule has 2 N–H and O–H groups in total. The monoisotopic (exact) mass is 412 g/mol. The molecule has 0 spiro atoms. The number of carbonyl (C=O) groups is 1. The van der Waals surface area contributed by atoms with E-state index < -0.39 is 0 Å². The summed E-state index contributed by atoms with van der Waals surface area (Å²) in [7, 11) is 0. The fourth-order valence-corrected chi connectivity index (χ4v) is 4.80. The van der Waals surface area contributed by atoms with Crippen LogP contribution >= 0.6 is 11.3 Å². The fraction of sp³-hybridized carbons (Fsp3) is 0.381. The zero-order valence-electron chi connectivity index (χ0n) is 16.0. The molecule has 29 heavy (non-hydrogen) atoms. The molecule has 0 atom stereocenters. The number of hydrogen-bond donors (Lipinski definition) is 2. The van der Waals surface area contributed by atoms with Crippen molar-refractivity contribution in [2.45, 2.75) is 18.9 Å². The normalized spacial score (nSPS) is 17.6. The average molecular weight is 413 g/mol. The first-order valence-electron chi connectivity index (χ1n) is 10.0. The van der Waals surface area contributed by atoms with Crippen LogP contribution in [0, 0.1) is 5.82 Å². The van der Waals surface area contributed by atoms with Crippen molar-refractivity contribution in [2.75, 3.05) is 37.6 Å². The number of benzene rings is 1. The van der Waals surface area contributed by atoms with Crippen LogP contribution < -0.4 is 15.1 Å². The van der Waals surface area contributed by atoms with Gasteiger partial charge in [-0.2, -0.15) is 0 Å². The lowest BCUT2D eigenvalue weighted by Gasteiger charge is -2.33. The molecule has 1 aromatic carbocycles. The van der Waals surface area contributed by atoms with Gasteiger partial charge in [0.2, 0.25) is 0 Å². The van der Waals surface area contributed by atoms with Gasteiger partial charge in [-0.15, -0.1) is 11.3 Å². The van der Waals surface area contributed by atoms with Crippen LogP contribution in [0.5, 0.6) is 0 Å². The highest BCUT2D eigenvalue weighted by Crippen LogP contribution is 2.37. The second-order valence-electron chi connectivity index (χ2n) is 7.79. The van der Waals surface area contributed by atoms with E-state index in [4.69, 9.17) is 0 Å². The van der Waals surface area contributed by atoms with Gasteiger partial charge < -0.3 is 15.1 Å². The molecule has 3 heterocycles. The summed E-state index contributed by atoms with van der Waals surface area (Å²) in [6.07, 6.45) is 3.86. The molecule has 1 aliphatic carbocycles. The van der Waals surface area contributed by atoms with E-state index in [0.717, 1.165) is 66.2 Å². The van der Waals surface area contributed by atoms with Crippen LogP contribution in [0.4, 0.5) is 10.2 Å². The van der Waals surface area contributed by atoms with Crippen molar-refractivity contribution in [3.8, 4) is 11.1 Å². The second kappa shape index (κ2) is 7.68. The number of halogens is 1. The number of thiophene rings is 1. The number of anilines is 1. The predicted octanol–water partition coefficient (Wildman–Crippen LogP) is 1.48. The number of rotatable bonds is 5. The number of piperazine rings is 1. The maximum absolute atomic E-state index is 13.4. The summed E-state index contributed by atoms with van der Waals surface area (Å²) in [6.45, 7) is 4.04. The zero-order valence-corrected chi connectivity index (χ0v) is 16.8. The Balaban J connectivity index is 1.34. The lowest BCUT2D eigenvalue weighted by molar-refractivity contribution is -0.892. The quantitative estimate of drug-likeness (QED) is 0.667. The Kier molecular flexibility index (Phi) is 4.89. The maximum Gasteiger partial charge on any atom is 0.275 e. The molecule has 0 bridgehead atoms. The van der Waals surface area contributed by atoms with Gasteiger partial charge >= 0.3 is 0 Å². The Labute approximate surface area is 172 Å². The number of amides is 1. The first-order chi connectivity index (χ1) is 14.2. The van der Waals surface area contributed by atoms with E-state index in [2.05, 4.69) is 25.6 Å². The van der Waals surface area contributed by atoms with Gasteiger partial charge in [-0.3, -0.25) is 4.79 Å². The van der Waals surface area contributed by atoms with Crippen molar-refractivity contribution < 1.29 is 14.1 Å². The first-order valence-corrected chi connectivity index (χ1v) is 10.9. The number of fused-ring (bicyclic) bond motifs is 1. The van der Waals surface area contributed by atoms with Crippen molar-refractivity contribution in [2.24, 2.45) is 0 Å². The molecule has 0 unspecified atom stereocenters. The van der Waals surface area contributed by atoms with Crippen molar-refractivity contribution in [1.82, 2.24) is 15.3 Å². The topological polar surface area (TPSA) is 62.6 Å². The lowest BCUT2D eigenvalue weighted by atomic mass is 10.1. The summed E-state index contributed by atoms with van der Waals surface area (Å²) < 4.78 is 13.4. The summed E-state index contributed by atoms with van der Waals surface area (Å²) in [5.74, 6) is 0.850. The van der Waals surface area contributed by atoms with Gasteiger partial charge in [0, 0.05) is 17.0 Å². The number of aromatic nitrogens is 2. The third-order valence-corrected chi connectivity index (χ3v) is 6.51. The van der Waals surface area contributed by atoms with Crippen LogP contribution in [-0.2, 0) is 4.79 Å². The molecular formula is C21H23FN5OS+. The van der Waals surface area contributed by atoms with E-state index in [9.17, 15) is 9.18 Å². The van der Waals surface area contributed by atoms with Crippen molar-refractivity contribution in [3.05, 3.63) is 41.8 Å². The zero-order chi connectivity index (χ0) is 19.8. The molecule has 2 aliphatic rings. The van der Waals surface area contributed by atoms with Crippen LogP contribution in [0.25, 0.3) is 21.3 Å². The summed E-state index contributed by atoms with van der Waals surface area (Å²) >= 11 is 1.58. The smallest absolute Gasteiger partial charge is 0.275 e. The number of carbonyl (C=O) groups excluding carboxylic acids is 1. The third-order valence-electron chi connectivity index (χ3n) is 5.63. The molecule has 2 aromatic heterocycles. The Bertz CT molecular complexity index is 1030. The fourth-order valence-electron chi connectivity index (χ4n) is 3.89. The van der Waals surface area contributed by atoms with Gasteiger partial charge in [0.1, 0.15) is 22.8 Å². The molecule has 3 aromatic rings. The molecule has 5 rings (SSSR count). The largest absolute Gasteiger partial charge is 0.348 e. The van der Waals surface area contributed by atoms with Crippen molar-refractivity contribution in [1.29, 1.82) is 0 Å². The summed E-state index contributed by atoms with van der Waals surface area (Å²) in [6, 6.07) is 6.98. The van der Waals surface area contributed by atoms with Crippen molar-refractivity contribution in [3.63, 3.8) is 0 Å². The molecule has 1 aliphatic heterocycles. The van der Waals surface area contributed by atoms with Crippen LogP contribution in [-0.4, -0.2) is 54.6 Å². The van der Waals surface area contributed by atoms with E-state index in [-0.39, 0.29) is 11.7 Å². The lowest BCUT2D eigenvalue weighted by Crippen LogP contribution is -3.16. The molecule has 150 valence electrons. The van der Waals surface area contributed by atoms with Crippen LogP contribution in [0.15, 0.2) is 36.0 Å². The van der Waals surface area contributed by atoms with Crippen molar-refractivity contribution >= 4 is 33.3 Å². The standard InChI is InChI=1S/C21H22FN5OS/c22-15-3-1-14(2-4-15)17-12-29-21-19(17)20(23-13-24-21)27-9-7-26(8-10-27)11-18(28)25-16-5-6-16/h1-4,12-13,16H,5-11H2,(H,25,28)/p+1. The Morgan fingerprint density at radius 3 is 2.69 bits per heavy atom. The molecule has 6 nitrogen and oxygen atoms in total. The second-order valence-corrected chi connectivity index (χ2v) is 8.65. The first kappa shape index (κ1) is 18.4. The summed E-state index contributed by atoms with van der Waals surface area (Å²) in [5, 5.41) is 6.17. The number of hydrogen-bond acceptors (Lipinski definition) is 5. The molecule has 2 fully saturated rings. The molecular weight excluding hydrogens is 389 g/mol. The van der Waals surface area contributed by atoms with E-state index in [1.54, 1.807) is 29.8 Å². The predicted molar refractivity (Wildman–Crippen MR) is 112 cm³/mol. The Hall–Kier alpha value is -2.58. The highest BCUT2D eigenvalue weighted by atomic mass is 32.1. The Morgan fingerprint density at radius 1 is 1.21 bits per heavy atom. The summed E-state index contributed by atoms with van der Waals surface area (Å²) in [5.41, 5.74) is 2.01. The van der Waals surface area contributed by atoms with Gasteiger partial charge in [0.05, 0.1) is 31.6 Å². The summed E-state index contributed by atoms with van der Waals surface area (Å²) in [4.78, 5) is 25.7. The highest BCUT2D eigenvalue weighted by Gasteiger charge is 2.28.